The van der Waals surface area contributed by atoms with Gasteiger partial charge < -0.3 is 15.0 Å². The van der Waals surface area contributed by atoms with Crippen LogP contribution < -0.4 is 5.32 Å². The van der Waals surface area contributed by atoms with E-state index in [1.807, 2.05) is 23.1 Å². The number of aromatic amines is 1. The number of rotatable bonds is 5. The van der Waals surface area contributed by atoms with Crippen LogP contribution in [0.2, 0.25) is 0 Å². The molecule has 0 spiro atoms. The number of ether oxygens (including phenoxy) is 1. The standard InChI is InChI=1S/C21H25N7O/c1-3-28-19-10-13(4-9-18(19)26-27-28)16-11-22-20-17(16)12-23-21(25-20)24-14-5-7-15(29-2)8-6-14/h4,9-12,14-15H,3,5-8H2,1-2H3,(H2,22,23,24,25)/t14-,15+. The van der Waals surface area contributed by atoms with Crippen LogP contribution in [0, 0.1) is 0 Å². The Kier molecular flexibility index (Phi) is 4.63. The van der Waals surface area contributed by atoms with Gasteiger partial charge in [0.25, 0.3) is 0 Å². The fourth-order valence-electron chi connectivity index (χ4n) is 4.21. The van der Waals surface area contributed by atoms with Crippen molar-refractivity contribution in [2.75, 3.05) is 12.4 Å². The van der Waals surface area contributed by atoms with Crippen LogP contribution in [0.25, 0.3) is 33.2 Å². The smallest absolute Gasteiger partial charge is 0.224 e. The van der Waals surface area contributed by atoms with Crippen LogP contribution in [0.15, 0.2) is 30.6 Å². The molecule has 3 heterocycles. The largest absolute Gasteiger partial charge is 0.381 e. The minimum Gasteiger partial charge on any atom is -0.381 e. The number of methoxy groups -OCH3 is 1. The molecule has 0 bridgehead atoms. The van der Waals surface area contributed by atoms with E-state index in [1.54, 1.807) is 7.11 Å². The fraction of sp³-hybridized carbons (Fsp3) is 0.429. The molecule has 1 aliphatic rings. The van der Waals surface area contributed by atoms with Crippen molar-refractivity contribution in [3.05, 3.63) is 30.6 Å². The van der Waals surface area contributed by atoms with E-state index in [0.717, 1.165) is 65.4 Å². The highest BCUT2D eigenvalue weighted by Gasteiger charge is 2.21. The maximum absolute atomic E-state index is 5.45. The molecule has 1 aromatic carbocycles. The molecule has 0 unspecified atom stereocenters. The quantitative estimate of drug-likeness (QED) is 0.538. The number of H-pyrrole nitrogens is 1. The normalized spacial score (nSPS) is 19.8. The minimum absolute atomic E-state index is 0.388. The third kappa shape index (κ3) is 3.33. The summed E-state index contributed by atoms with van der Waals surface area (Å²) in [6, 6.07) is 6.61. The van der Waals surface area contributed by atoms with Gasteiger partial charge in [-0.1, -0.05) is 11.3 Å². The summed E-state index contributed by atoms with van der Waals surface area (Å²) < 4.78 is 7.36. The molecule has 150 valence electrons. The Morgan fingerprint density at radius 1 is 1.24 bits per heavy atom. The number of hydrogen-bond acceptors (Lipinski definition) is 6. The second-order valence-corrected chi connectivity index (χ2v) is 7.62. The summed E-state index contributed by atoms with van der Waals surface area (Å²) in [5, 5.41) is 12.9. The van der Waals surface area contributed by atoms with Crippen molar-refractivity contribution in [2.24, 2.45) is 0 Å². The Morgan fingerprint density at radius 3 is 2.90 bits per heavy atom. The molecule has 0 aliphatic heterocycles. The average molecular weight is 391 g/mol. The molecule has 1 saturated carbocycles. The minimum atomic E-state index is 0.388. The third-order valence-corrected chi connectivity index (χ3v) is 5.90. The van der Waals surface area contributed by atoms with Crippen molar-refractivity contribution < 1.29 is 4.74 Å². The maximum atomic E-state index is 5.45. The van der Waals surface area contributed by atoms with Gasteiger partial charge in [0.1, 0.15) is 11.2 Å². The van der Waals surface area contributed by atoms with Gasteiger partial charge in [0.05, 0.1) is 11.6 Å². The highest BCUT2D eigenvalue weighted by atomic mass is 16.5. The topological polar surface area (TPSA) is 93.5 Å². The number of aromatic nitrogens is 6. The van der Waals surface area contributed by atoms with E-state index in [-0.39, 0.29) is 0 Å². The van der Waals surface area contributed by atoms with Gasteiger partial charge in [0, 0.05) is 43.0 Å². The van der Waals surface area contributed by atoms with Gasteiger partial charge in [-0.3, -0.25) is 0 Å². The van der Waals surface area contributed by atoms with Gasteiger partial charge in [-0.05, 0) is 50.3 Å². The Hall–Kier alpha value is -3.00. The molecular weight excluding hydrogens is 366 g/mol. The van der Waals surface area contributed by atoms with Crippen molar-refractivity contribution in [2.45, 2.75) is 51.3 Å². The van der Waals surface area contributed by atoms with Crippen LogP contribution in [0.5, 0.6) is 0 Å². The average Bonchev–Trinajstić information content (AvgIpc) is 3.37. The van der Waals surface area contributed by atoms with E-state index in [4.69, 9.17) is 9.72 Å². The molecule has 1 fully saturated rings. The van der Waals surface area contributed by atoms with Gasteiger partial charge in [-0.15, -0.1) is 5.10 Å². The first kappa shape index (κ1) is 18.1. The summed E-state index contributed by atoms with van der Waals surface area (Å²) in [5.74, 6) is 0.676. The highest BCUT2D eigenvalue weighted by molar-refractivity contribution is 5.95. The molecule has 0 saturated heterocycles. The summed E-state index contributed by atoms with van der Waals surface area (Å²) in [7, 11) is 1.79. The second kappa shape index (κ2) is 7.44. The first-order chi connectivity index (χ1) is 14.2. The number of anilines is 1. The van der Waals surface area contributed by atoms with Crippen molar-refractivity contribution in [1.29, 1.82) is 0 Å². The van der Waals surface area contributed by atoms with Gasteiger partial charge in [0.2, 0.25) is 5.95 Å². The van der Waals surface area contributed by atoms with Crippen molar-refractivity contribution in [3.8, 4) is 11.1 Å². The highest BCUT2D eigenvalue weighted by Crippen LogP contribution is 2.30. The predicted octanol–water partition coefficient (Wildman–Crippen LogP) is 3.76. The lowest BCUT2D eigenvalue weighted by Crippen LogP contribution is -2.29. The summed E-state index contributed by atoms with van der Waals surface area (Å²) in [6.07, 6.45) is 8.59. The lowest BCUT2D eigenvalue weighted by molar-refractivity contribution is 0.0681. The molecule has 3 aromatic heterocycles. The molecule has 0 atom stereocenters. The van der Waals surface area contributed by atoms with E-state index < -0.39 is 0 Å². The van der Waals surface area contributed by atoms with Gasteiger partial charge in [-0.2, -0.15) is 4.98 Å². The van der Waals surface area contributed by atoms with Crippen LogP contribution >= 0.6 is 0 Å². The molecule has 4 aromatic rings. The van der Waals surface area contributed by atoms with Crippen LogP contribution in [-0.4, -0.2) is 49.2 Å². The summed E-state index contributed by atoms with van der Waals surface area (Å²) >= 11 is 0. The zero-order valence-corrected chi connectivity index (χ0v) is 16.7. The maximum Gasteiger partial charge on any atom is 0.224 e. The monoisotopic (exact) mass is 391 g/mol. The van der Waals surface area contributed by atoms with Crippen molar-refractivity contribution >= 4 is 28.0 Å². The Morgan fingerprint density at radius 2 is 2.10 bits per heavy atom. The Bertz CT molecular complexity index is 1140. The van der Waals surface area contributed by atoms with Gasteiger partial charge >= 0.3 is 0 Å². The van der Waals surface area contributed by atoms with Crippen LogP contribution in [0.1, 0.15) is 32.6 Å². The molecule has 8 heteroatoms. The van der Waals surface area contributed by atoms with E-state index >= 15 is 0 Å². The van der Waals surface area contributed by atoms with Gasteiger partial charge in [-0.25, -0.2) is 9.67 Å². The molecule has 0 amide bonds. The zero-order valence-electron chi connectivity index (χ0n) is 16.7. The Labute approximate surface area is 168 Å². The first-order valence-electron chi connectivity index (χ1n) is 10.2. The fourth-order valence-corrected chi connectivity index (χ4v) is 4.21. The summed E-state index contributed by atoms with van der Waals surface area (Å²) in [5.41, 5.74) is 4.96. The number of aryl methyl sites for hydroxylation is 1. The van der Waals surface area contributed by atoms with E-state index in [9.17, 15) is 0 Å². The number of fused-ring (bicyclic) bond motifs is 2. The molecular formula is C21H25N7O. The SMILES string of the molecule is CCn1nnc2ccc(-c3c[nH]c4nc(N[C@H]5CC[C@@H](OC)CC5)ncc34)cc21. The lowest BCUT2D eigenvalue weighted by atomic mass is 9.93. The number of benzene rings is 1. The Balaban J connectivity index is 1.41. The summed E-state index contributed by atoms with van der Waals surface area (Å²) in [6.45, 7) is 2.86. The molecule has 29 heavy (non-hydrogen) atoms. The first-order valence-corrected chi connectivity index (χ1v) is 10.2. The van der Waals surface area contributed by atoms with Crippen LogP contribution in [0.4, 0.5) is 5.95 Å². The van der Waals surface area contributed by atoms with E-state index in [2.05, 4.69) is 44.7 Å². The van der Waals surface area contributed by atoms with E-state index in [1.165, 1.54) is 0 Å². The molecule has 1 aliphatic carbocycles. The molecule has 0 radical (unpaired) electrons. The van der Waals surface area contributed by atoms with Crippen LogP contribution in [-0.2, 0) is 11.3 Å². The number of nitrogens with zero attached hydrogens (tertiary/aromatic N) is 5. The number of hydrogen-bond donors (Lipinski definition) is 2. The van der Waals surface area contributed by atoms with E-state index in [0.29, 0.717) is 18.1 Å². The predicted molar refractivity (Wildman–Crippen MR) is 113 cm³/mol. The zero-order chi connectivity index (χ0) is 19.8. The van der Waals surface area contributed by atoms with Crippen LogP contribution in [0.3, 0.4) is 0 Å². The van der Waals surface area contributed by atoms with Crippen molar-refractivity contribution in [3.63, 3.8) is 0 Å². The number of nitrogens with one attached hydrogen (secondary N) is 2. The molecule has 5 rings (SSSR count). The molecule has 2 N–H and O–H groups in total. The summed E-state index contributed by atoms with van der Waals surface area (Å²) in [4.78, 5) is 12.6. The van der Waals surface area contributed by atoms with Gasteiger partial charge in [0.15, 0.2) is 0 Å². The van der Waals surface area contributed by atoms with Crippen molar-refractivity contribution in [1.82, 2.24) is 29.9 Å². The third-order valence-electron chi connectivity index (χ3n) is 5.90. The molecule has 8 nitrogen and oxygen atoms in total. The second-order valence-electron chi connectivity index (χ2n) is 7.62. The lowest BCUT2D eigenvalue weighted by Gasteiger charge is -2.28.